The van der Waals surface area contributed by atoms with Crippen LogP contribution in [0.5, 0.6) is 5.75 Å². The normalized spacial score (nSPS) is 11.5. The third-order valence-corrected chi connectivity index (χ3v) is 3.28. The van der Waals surface area contributed by atoms with Crippen molar-refractivity contribution in [2.45, 2.75) is 6.42 Å². The van der Waals surface area contributed by atoms with E-state index < -0.39 is 5.92 Å². The van der Waals surface area contributed by atoms with Crippen LogP contribution in [-0.4, -0.2) is 22.7 Å². The third-order valence-electron chi connectivity index (χ3n) is 3.28. The molecule has 0 saturated heterocycles. The number of aromatic hydroxyl groups is 1. The Morgan fingerprint density at radius 2 is 1.68 bits per heavy atom. The van der Waals surface area contributed by atoms with Crippen LogP contribution in [0.3, 0.4) is 0 Å². The van der Waals surface area contributed by atoms with E-state index >= 15 is 0 Å². The molecule has 0 radical (unpaired) electrons. The zero-order chi connectivity index (χ0) is 15.9. The molecule has 0 heterocycles. The van der Waals surface area contributed by atoms with Crippen molar-refractivity contribution in [3.63, 3.8) is 0 Å². The summed E-state index contributed by atoms with van der Waals surface area (Å²) in [4.78, 5) is 14.3. The van der Waals surface area contributed by atoms with Crippen molar-refractivity contribution in [3.05, 3.63) is 54.6 Å². The molecule has 1 unspecified atom stereocenters. The van der Waals surface area contributed by atoms with Crippen LogP contribution in [0, 0.1) is 18.3 Å². The molecule has 2 aromatic carbocycles. The lowest BCUT2D eigenvalue weighted by Gasteiger charge is -2.26. The molecular weight excluding hydrogens is 278 g/mol. The molecule has 4 heteroatoms. The van der Waals surface area contributed by atoms with Crippen LogP contribution < -0.4 is 4.90 Å². The lowest BCUT2D eigenvalue weighted by atomic mass is 10.0. The van der Waals surface area contributed by atoms with E-state index in [0.29, 0.717) is 11.4 Å². The minimum atomic E-state index is -0.668. The Bertz CT molecular complexity index is 659. The maximum Gasteiger partial charge on any atom is 0.237 e. The van der Waals surface area contributed by atoms with E-state index in [1.165, 1.54) is 17.0 Å². The molecule has 112 valence electrons. The fourth-order valence-electron chi connectivity index (χ4n) is 2.14. The molecule has 0 saturated carbocycles. The number of rotatable bonds is 5. The zero-order valence-corrected chi connectivity index (χ0v) is 12.0. The summed E-state index contributed by atoms with van der Waals surface area (Å²) in [7, 11) is 0. The molecule has 0 bridgehead atoms. The highest BCUT2D eigenvalue weighted by molar-refractivity contribution is 6.02. The van der Waals surface area contributed by atoms with Gasteiger partial charge in [0.2, 0.25) is 5.91 Å². The largest absolute Gasteiger partial charge is 0.508 e. The number of hydrogen-bond acceptors (Lipinski definition) is 3. The maximum absolute atomic E-state index is 12.8. The number of phenolic OH excluding ortho intramolecular Hbond substituents is 1. The zero-order valence-electron chi connectivity index (χ0n) is 12.0. The smallest absolute Gasteiger partial charge is 0.237 e. The topological polar surface area (TPSA) is 60.8 Å². The SMILES string of the molecule is C#CCC(CO)C(=O)N(c1ccccc1)c1ccc(O)cc1. The van der Waals surface area contributed by atoms with Gasteiger partial charge in [-0.2, -0.15) is 0 Å². The first-order valence-corrected chi connectivity index (χ1v) is 6.89. The number of para-hydroxylation sites is 1. The van der Waals surface area contributed by atoms with Crippen LogP contribution in [0.15, 0.2) is 54.6 Å². The van der Waals surface area contributed by atoms with Gasteiger partial charge in [-0.1, -0.05) is 18.2 Å². The Balaban J connectivity index is 2.44. The van der Waals surface area contributed by atoms with E-state index in [4.69, 9.17) is 6.42 Å². The minimum absolute atomic E-state index is 0.117. The molecule has 2 aromatic rings. The highest BCUT2D eigenvalue weighted by atomic mass is 16.3. The summed E-state index contributed by atoms with van der Waals surface area (Å²) in [5.41, 5.74) is 1.28. The standard InChI is InChI=1S/C18H17NO3/c1-2-6-14(13-20)18(22)19(15-7-4-3-5-8-15)16-9-11-17(21)12-10-16/h1,3-5,7-12,14,20-21H,6,13H2. The second kappa shape index (κ2) is 7.30. The molecule has 0 fully saturated rings. The fraction of sp³-hybridized carbons (Fsp3) is 0.167. The first-order chi connectivity index (χ1) is 10.7. The van der Waals surface area contributed by atoms with Gasteiger partial charge in [0.05, 0.1) is 12.5 Å². The van der Waals surface area contributed by atoms with Gasteiger partial charge in [-0.3, -0.25) is 9.69 Å². The molecule has 2 rings (SSSR count). The summed E-state index contributed by atoms with van der Waals surface area (Å²) in [5, 5.41) is 18.8. The number of terminal acetylenes is 1. The van der Waals surface area contributed by atoms with E-state index in [-0.39, 0.29) is 24.7 Å². The number of benzene rings is 2. The Kier molecular flexibility index (Phi) is 5.18. The summed E-state index contributed by atoms with van der Waals surface area (Å²) in [5.74, 6) is 1.59. The van der Waals surface area contributed by atoms with Crippen molar-refractivity contribution in [3.8, 4) is 18.1 Å². The highest BCUT2D eigenvalue weighted by Crippen LogP contribution is 2.29. The van der Waals surface area contributed by atoms with Crippen molar-refractivity contribution in [2.24, 2.45) is 5.92 Å². The van der Waals surface area contributed by atoms with Crippen LogP contribution in [0.4, 0.5) is 11.4 Å². The number of carbonyl (C=O) groups excluding carboxylic acids is 1. The quantitative estimate of drug-likeness (QED) is 0.834. The van der Waals surface area contributed by atoms with Gasteiger partial charge >= 0.3 is 0 Å². The van der Waals surface area contributed by atoms with Gasteiger partial charge in [0.1, 0.15) is 5.75 Å². The van der Waals surface area contributed by atoms with Crippen LogP contribution in [0.1, 0.15) is 6.42 Å². The number of aliphatic hydroxyl groups is 1. The average Bonchev–Trinajstić information content (AvgIpc) is 2.55. The molecule has 0 aromatic heterocycles. The van der Waals surface area contributed by atoms with Gasteiger partial charge in [0.25, 0.3) is 0 Å². The molecule has 1 atom stereocenters. The molecule has 0 spiro atoms. The number of nitrogens with zero attached hydrogens (tertiary/aromatic N) is 1. The van der Waals surface area contributed by atoms with E-state index in [9.17, 15) is 15.0 Å². The number of anilines is 2. The minimum Gasteiger partial charge on any atom is -0.508 e. The monoisotopic (exact) mass is 295 g/mol. The number of phenols is 1. The summed E-state index contributed by atoms with van der Waals surface area (Å²) in [6.07, 6.45) is 5.44. The summed E-state index contributed by atoms with van der Waals surface area (Å²) < 4.78 is 0. The Morgan fingerprint density at radius 3 is 2.23 bits per heavy atom. The van der Waals surface area contributed by atoms with Crippen molar-refractivity contribution in [2.75, 3.05) is 11.5 Å². The summed E-state index contributed by atoms with van der Waals surface area (Å²) >= 11 is 0. The van der Waals surface area contributed by atoms with Gasteiger partial charge in [0, 0.05) is 17.8 Å². The molecule has 4 nitrogen and oxygen atoms in total. The first kappa shape index (κ1) is 15.6. The predicted molar refractivity (Wildman–Crippen MR) is 85.7 cm³/mol. The Hall–Kier alpha value is -2.77. The van der Waals surface area contributed by atoms with E-state index in [2.05, 4.69) is 5.92 Å². The molecule has 1 amide bonds. The van der Waals surface area contributed by atoms with Crippen molar-refractivity contribution in [1.82, 2.24) is 0 Å². The number of hydrogen-bond donors (Lipinski definition) is 2. The van der Waals surface area contributed by atoms with Gasteiger partial charge < -0.3 is 10.2 Å². The predicted octanol–water partition coefficient (Wildman–Crippen LogP) is 2.69. The van der Waals surface area contributed by atoms with Gasteiger partial charge in [-0.25, -0.2) is 0 Å². The van der Waals surface area contributed by atoms with E-state index in [0.717, 1.165) is 0 Å². The van der Waals surface area contributed by atoms with Gasteiger partial charge in [0.15, 0.2) is 0 Å². The van der Waals surface area contributed by atoms with Crippen molar-refractivity contribution in [1.29, 1.82) is 0 Å². The second-order valence-electron chi connectivity index (χ2n) is 4.81. The number of carbonyl (C=O) groups is 1. The van der Waals surface area contributed by atoms with E-state index in [1.807, 2.05) is 18.2 Å². The summed E-state index contributed by atoms with van der Waals surface area (Å²) in [6, 6.07) is 15.4. The molecule has 2 N–H and O–H groups in total. The second-order valence-corrected chi connectivity index (χ2v) is 4.81. The highest BCUT2D eigenvalue weighted by Gasteiger charge is 2.25. The van der Waals surface area contributed by atoms with Crippen LogP contribution in [0.25, 0.3) is 0 Å². The maximum atomic E-state index is 12.8. The van der Waals surface area contributed by atoms with Crippen LogP contribution >= 0.6 is 0 Å². The molecule has 0 aliphatic rings. The number of aliphatic hydroxyl groups excluding tert-OH is 1. The molecule has 0 aliphatic heterocycles. The van der Waals surface area contributed by atoms with Gasteiger partial charge in [-0.05, 0) is 36.4 Å². The Morgan fingerprint density at radius 1 is 1.09 bits per heavy atom. The lowest BCUT2D eigenvalue weighted by molar-refractivity contribution is -0.122. The van der Waals surface area contributed by atoms with Crippen molar-refractivity contribution < 1.29 is 15.0 Å². The van der Waals surface area contributed by atoms with Crippen LogP contribution in [0.2, 0.25) is 0 Å². The third kappa shape index (κ3) is 3.46. The summed E-state index contributed by atoms with van der Waals surface area (Å²) in [6.45, 7) is -0.315. The first-order valence-electron chi connectivity index (χ1n) is 6.89. The molecule has 22 heavy (non-hydrogen) atoms. The van der Waals surface area contributed by atoms with E-state index in [1.54, 1.807) is 24.3 Å². The Labute approximate surface area is 129 Å². The molecule has 0 aliphatic carbocycles. The molecular formula is C18H17NO3. The lowest BCUT2D eigenvalue weighted by Crippen LogP contribution is -2.34. The number of amides is 1. The van der Waals surface area contributed by atoms with Crippen molar-refractivity contribution >= 4 is 17.3 Å². The van der Waals surface area contributed by atoms with Gasteiger partial charge in [-0.15, -0.1) is 12.3 Å². The van der Waals surface area contributed by atoms with Crippen LogP contribution in [-0.2, 0) is 4.79 Å². The average molecular weight is 295 g/mol. The fourth-order valence-corrected chi connectivity index (χ4v) is 2.14.